The standard InChI is InChI=1S/C13H19NO4S/c1-8(12(17)18-13(2,3)4)14-7-10-9(11(15)16)5-6-19-10/h5-6,8,14H,7H2,1-4H3,(H,15,16)/t8-/m1/s1. The number of nitrogens with one attached hydrogen (secondary N) is 1. The fourth-order valence-electron chi connectivity index (χ4n) is 1.39. The van der Waals surface area contributed by atoms with Crippen LogP contribution in [0.3, 0.4) is 0 Å². The number of thiophene rings is 1. The summed E-state index contributed by atoms with van der Waals surface area (Å²) in [7, 11) is 0. The molecule has 19 heavy (non-hydrogen) atoms. The third kappa shape index (κ3) is 5.00. The van der Waals surface area contributed by atoms with E-state index in [0.717, 1.165) is 0 Å². The van der Waals surface area contributed by atoms with Gasteiger partial charge in [0.1, 0.15) is 11.6 Å². The highest BCUT2D eigenvalue weighted by Gasteiger charge is 2.22. The maximum atomic E-state index is 11.7. The second-order valence-corrected chi connectivity index (χ2v) is 6.20. The van der Waals surface area contributed by atoms with E-state index in [9.17, 15) is 9.59 Å². The predicted octanol–water partition coefficient (Wildman–Crippen LogP) is 2.27. The van der Waals surface area contributed by atoms with Crippen molar-refractivity contribution >= 4 is 23.3 Å². The molecule has 1 rings (SSSR count). The Morgan fingerprint density at radius 2 is 2.11 bits per heavy atom. The monoisotopic (exact) mass is 285 g/mol. The first-order valence-electron chi connectivity index (χ1n) is 5.96. The van der Waals surface area contributed by atoms with Crippen molar-refractivity contribution in [3.8, 4) is 0 Å². The first-order valence-corrected chi connectivity index (χ1v) is 6.84. The average Bonchev–Trinajstić information content (AvgIpc) is 2.71. The highest BCUT2D eigenvalue weighted by atomic mass is 32.1. The summed E-state index contributed by atoms with van der Waals surface area (Å²) in [6.07, 6.45) is 0. The molecular formula is C13H19NO4S. The Hall–Kier alpha value is -1.40. The molecule has 0 bridgehead atoms. The van der Waals surface area contributed by atoms with Crippen molar-refractivity contribution in [2.75, 3.05) is 0 Å². The molecule has 0 saturated carbocycles. The molecule has 6 heteroatoms. The summed E-state index contributed by atoms with van der Waals surface area (Å²) in [6, 6.07) is 1.07. The number of carboxylic acid groups (broad SMARTS) is 1. The molecule has 1 heterocycles. The van der Waals surface area contributed by atoms with Gasteiger partial charge in [0.25, 0.3) is 0 Å². The topological polar surface area (TPSA) is 75.6 Å². The molecule has 0 fully saturated rings. The highest BCUT2D eigenvalue weighted by Crippen LogP contribution is 2.17. The summed E-state index contributed by atoms with van der Waals surface area (Å²) >= 11 is 1.35. The second kappa shape index (κ2) is 6.16. The smallest absolute Gasteiger partial charge is 0.336 e. The van der Waals surface area contributed by atoms with Crippen LogP contribution in [0.15, 0.2) is 11.4 Å². The molecular weight excluding hydrogens is 266 g/mol. The maximum Gasteiger partial charge on any atom is 0.336 e. The van der Waals surface area contributed by atoms with Gasteiger partial charge in [-0.1, -0.05) is 0 Å². The molecule has 1 aromatic heterocycles. The van der Waals surface area contributed by atoms with Gasteiger partial charge in [-0.2, -0.15) is 0 Å². The first kappa shape index (κ1) is 15.7. The number of carbonyl (C=O) groups excluding carboxylic acids is 1. The van der Waals surface area contributed by atoms with Gasteiger partial charge in [-0.3, -0.25) is 10.1 Å². The van der Waals surface area contributed by atoms with E-state index in [-0.39, 0.29) is 11.5 Å². The number of hydrogen-bond acceptors (Lipinski definition) is 5. The van der Waals surface area contributed by atoms with E-state index in [1.165, 1.54) is 11.3 Å². The van der Waals surface area contributed by atoms with Crippen molar-refractivity contribution in [2.45, 2.75) is 45.9 Å². The van der Waals surface area contributed by atoms with Crippen LogP contribution in [0.1, 0.15) is 42.9 Å². The van der Waals surface area contributed by atoms with E-state index in [2.05, 4.69) is 5.32 Å². The molecule has 0 saturated heterocycles. The lowest BCUT2D eigenvalue weighted by Crippen LogP contribution is -2.38. The Morgan fingerprint density at radius 3 is 2.63 bits per heavy atom. The van der Waals surface area contributed by atoms with Gasteiger partial charge in [0.05, 0.1) is 5.56 Å². The fourth-order valence-corrected chi connectivity index (χ4v) is 2.20. The Bertz CT molecular complexity index is 461. The predicted molar refractivity (Wildman–Crippen MR) is 73.4 cm³/mol. The number of aromatic carboxylic acids is 1. The van der Waals surface area contributed by atoms with Crippen LogP contribution in [0, 0.1) is 0 Å². The minimum atomic E-state index is -0.956. The summed E-state index contributed by atoms with van der Waals surface area (Å²) in [6.45, 7) is 7.44. The van der Waals surface area contributed by atoms with E-state index in [1.54, 1.807) is 39.1 Å². The number of carboxylic acids is 1. The van der Waals surface area contributed by atoms with E-state index in [1.807, 2.05) is 0 Å². The minimum absolute atomic E-state index is 0.272. The van der Waals surface area contributed by atoms with Crippen molar-refractivity contribution in [3.05, 3.63) is 21.9 Å². The van der Waals surface area contributed by atoms with Crippen molar-refractivity contribution < 1.29 is 19.4 Å². The van der Waals surface area contributed by atoms with Gasteiger partial charge in [0, 0.05) is 11.4 Å². The van der Waals surface area contributed by atoms with Crippen LogP contribution in [0.2, 0.25) is 0 Å². The number of ether oxygens (including phenoxy) is 1. The highest BCUT2D eigenvalue weighted by molar-refractivity contribution is 7.10. The zero-order valence-corrected chi connectivity index (χ0v) is 12.3. The molecule has 1 atom stereocenters. The summed E-state index contributed by atoms with van der Waals surface area (Å²) in [5.41, 5.74) is -0.253. The molecule has 106 valence electrons. The van der Waals surface area contributed by atoms with Crippen LogP contribution in [0.5, 0.6) is 0 Å². The van der Waals surface area contributed by atoms with Crippen molar-refractivity contribution in [1.82, 2.24) is 5.32 Å². The maximum absolute atomic E-state index is 11.7. The largest absolute Gasteiger partial charge is 0.478 e. The molecule has 1 aromatic rings. The van der Waals surface area contributed by atoms with Gasteiger partial charge in [-0.25, -0.2) is 4.79 Å². The Labute approximate surface area is 116 Å². The molecule has 0 amide bonds. The number of hydrogen-bond donors (Lipinski definition) is 2. The lowest BCUT2D eigenvalue weighted by atomic mass is 10.2. The summed E-state index contributed by atoms with van der Waals surface area (Å²) < 4.78 is 5.23. The molecule has 2 N–H and O–H groups in total. The Kier molecular flexibility index (Phi) is 5.08. The minimum Gasteiger partial charge on any atom is -0.478 e. The molecule has 0 spiro atoms. The van der Waals surface area contributed by atoms with Gasteiger partial charge in [-0.15, -0.1) is 11.3 Å². The average molecular weight is 285 g/mol. The quantitative estimate of drug-likeness (QED) is 0.812. The van der Waals surface area contributed by atoms with Gasteiger partial charge in [-0.05, 0) is 39.1 Å². The van der Waals surface area contributed by atoms with E-state index in [0.29, 0.717) is 11.4 Å². The van der Waals surface area contributed by atoms with Gasteiger partial charge < -0.3 is 9.84 Å². The molecule has 0 aromatic carbocycles. The first-order chi connectivity index (χ1) is 8.70. The zero-order valence-electron chi connectivity index (χ0n) is 11.5. The van der Waals surface area contributed by atoms with E-state index >= 15 is 0 Å². The van der Waals surface area contributed by atoms with E-state index in [4.69, 9.17) is 9.84 Å². The van der Waals surface area contributed by atoms with Gasteiger partial charge in [0.15, 0.2) is 0 Å². The SMILES string of the molecule is C[C@@H](NCc1sccc1C(=O)O)C(=O)OC(C)(C)C. The van der Waals surface area contributed by atoms with Crippen LogP contribution in [0.25, 0.3) is 0 Å². The normalized spacial score (nSPS) is 13.1. The summed E-state index contributed by atoms with van der Waals surface area (Å²) in [4.78, 5) is 23.4. The Morgan fingerprint density at radius 1 is 1.47 bits per heavy atom. The number of esters is 1. The van der Waals surface area contributed by atoms with Crippen LogP contribution in [0.4, 0.5) is 0 Å². The van der Waals surface area contributed by atoms with E-state index < -0.39 is 17.6 Å². The number of rotatable bonds is 5. The fraction of sp³-hybridized carbons (Fsp3) is 0.538. The van der Waals surface area contributed by atoms with Crippen LogP contribution >= 0.6 is 11.3 Å². The molecule has 5 nitrogen and oxygen atoms in total. The van der Waals surface area contributed by atoms with Crippen LogP contribution in [-0.4, -0.2) is 28.7 Å². The van der Waals surface area contributed by atoms with Gasteiger partial charge in [0.2, 0.25) is 0 Å². The van der Waals surface area contributed by atoms with Gasteiger partial charge >= 0.3 is 11.9 Å². The molecule has 0 aliphatic heterocycles. The van der Waals surface area contributed by atoms with Crippen molar-refractivity contribution in [1.29, 1.82) is 0 Å². The lowest BCUT2D eigenvalue weighted by molar-refractivity contribution is -0.157. The second-order valence-electron chi connectivity index (χ2n) is 5.20. The van der Waals surface area contributed by atoms with Crippen LogP contribution in [-0.2, 0) is 16.1 Å². The molecule has 0 aliphatic carbocycles. The zero-order chi connectivity index (χ0) is 14.6. The number of carbonyl (C=O) groups is 2. The molecule has 0 aliphatic rings. The third-order valence-corrected chi connectivity index (χ3v) is 3.23. The van der Waals surface area contributed by atoms with Crippen molar-refractivity contribution in [2.24, 2.45) is 0 Å². The molecule has 0 unspecified atom stereocenters. The summed E-state index contributed by atoms with van der Waals surface area (Å²) in [5.74, 6) is -1.30. The third-order valence-electron chi connectivity index (χ3n) is 2.30. The molecule has 0 radical (unpaired) electrons. The lowest BCUT2D eigenvalue weighted by Gasteiger charge is -2.22. The van der Waals surface area contributed by atoms with Crippen molar-refractivity contribution in [3.63, 3.8) is 0 Å². The van der Waals surface area contributed by atoms with Crippen LogP contribution < -0.4 is 5.32 Å². The summed E-state index contributed by atoms with van der Waals surface area (Å²) in [5, 5.41) is 13.7. The Balaban J connectivity index is 2.54.